The van der Waals surface area contributed by atoms with E-state index in [1.807, 2.05) is 24.3 Å². The molecule has 22 heavy (non-hydrogen) atoms. The highest BCUT2D eigenvalue weighted by molar-refractivity contribution is 9.10. The van der Waals surface area contributed by atoms with Crippen LogP contribution in [0.1, 0.15) is 16.2 Å². The zero-order valence-corrected chi connectivity index (χ0v) is 13.0. The first-order valence-corrected chi connectivity index (χ1v) is 7.31. The summed E-state index contributed by atoms with van der Waals surface area (Å²) in [6.07, 6.45) is 0.768. The molecule has 110 valence electrons. The maximum absolute atomic E-state index is 10.7. The van der Waals surface area contributed by atoms with Gasteiger partial charge in [0.2, 0.25) is 5.82 Å². The molecule has 0 amide bonds. The number of aldehydes is 1. The van der Waals surface area contributed by atoms with Crippen LogP contribution in [-0.4, -0.2) is 16.4 Å². The second kappa shape index (κ2) is 6.53. The van der Waals surface area contributed by atoms with E-state index in [0.717, 1.165) is 16.3 Å². The largest absolute Gasteiger partial charge is 0.484 e. The summed E-state index contributed by atoms with van der Waals surface area (Å²) in [7, 11) is 0. The van der Waals surface area contributed by atoms with Crippen LogP contribution in [0.3, 0.4) is 0 Å². The van der Waals surface area contributed by atoms with Crippen LogP contribution in [0.15, 0.2) is 57.5 Å². The summed E-state index contributed by atoms with van der Waals surface area (Å²) in [6.45, 7) is 0.139. The topological polar surface area (TPSA) is 65.2 Å². The van der Waals surface area contributed by atoms with Gasteiger partial charge in [0.25, 0.3) is 5.89 Å². The smallest absolute Gasteiger partial charge is 0.264 e. The van der Waals surface area contributed by atoms with Crippen molar-refractivity contribution in [2.75, 3.05) is 0 Å². The Labute approximate surface area is 135 Å². The van der Waals surface area contributed by atoms with Crippen LogP contribution < -0.4 is 4.74 Å². The molecule has 5 nitrogen and oxygen atoms in total. The van der Waals surface area contributed by atoms with Gasteiger partial charge in [0.1, 0.15) is 12.0 Å². The Morgan fingerprint density at radius 1 is 1.18 bits per heavy atom. The van der Waals surface area contributed by atoms with Crippen molar-refractivity contribution in [2.45, 2.75) is 6.61 Å². The molecule has 0 unspecified atom stereocenters. The lowest BCUT2D eigenvalue weighted by Gasteiger charge is -2.02. The molecule has 2 aromatic carbocycles. The van der Waals surface area contributed by atoms with Gasteiger partial charge in [-0.1, -0.05) is 45.4 Å². The summed E-state index contributed by atoms with van der Waals surface area (Å²) >= 11 is 3.45. The predicted octanol–water partition coefficient (Wildman–Crippen LogP) is 3.89. The Kier molecular flexibility index (Phi) is 4.29. The molecule has 0 aliphatic heterocycles. The van der Waals surface area contributed by atoms with Gasteiger partial charge >= 0.3 is 0 Å². The third kappa shape index (κ3) is 3.23. The van der Waals surface area contributed by atoms with E-state index in [1.165, 1.54) is 0 Å². The second-order valence-electron chi connectivity index (χ2n) is 4.47. The number of benzene rings is 2. The minimum absolute atomic E-state index is 0.139. The Bertz CT molecular complexity index is 801. The Hall–Kier alpha value is -2.47. The Morgan fingerprint density at radius 3 is 2.86 bits per heavy atom. The molecule has 1 aromatic heterocycles. The molecular weight excluding hydrogens is 348 g/mol. The molecule has 0 saturated heterocycles. The molecule has 0 saturated carbocycles. The zero-order valence-electron chi connectivity index (χ0n) is 11.4. The highest BCUT2D eigenvalue weighted by Gasteiger charge is 2.11. The van der Waals surface area contributed by atoms with Crippen molar-refractivity contribution in [1.29, 1.82) is 0 Å². The fourth-order valence-electron chi connectivity index (χ4n) is 1.89. The molecule has 0 bridgehead atoms. The van der Waals surface area contributed by atoms with Gasteiger partial charge in [0.05, 0.1) is 0 Å². The molecule has 1 heterocycles. The summed E-state index contributed by atoms with van der Waals surface area (Å²) in [6, 6.07) is 14.5. The first-order valence-electron chi connectivity index (χ1n) is 6.52. The van der Waals surface area contributed by atoms with Crippen LogP contribution in [0.5, 0.6) is 5.75 Å². The van der Waals surface area contributed by atoms with Crippen molar-refractivity contribution < 1.29 is 14.1 Å². The van der Waals surface area contributed by atoms with Crippen molar-refractivity contribution in [3.63, 3.8) is 0 Å². The van der Waals surface area contributed by atoms with Gasteiger partial charge in [-0.15, -0.1) is 0 Å². The van der Waals surface area contributed by atoms with Crippen LogP contribution in [0.4, 0.5) is 0 Å². The van der Waals surface area contributed by atoms with Crippen molar-refractivity contribution in [3.05, 3.63) is 64.5 Å². The summed E-state index contributed by atoms with van der Waals surface area (Å²) in [5.74, 6) is 1.43. The maximum Gasteiger partial charge on any atom is 0.264 e. The molecule has 3 rings (SSSR count). The number of rotatable bonds is 5. The summed E-state index contributed by atoms with van der Waals surface area (Å²) in [5, 5.41) is 3.94. The van der Waals surface area contributed by atoms with E-state index in [-0.39, 0.29) is 6.61 Å². The molecule has 0 N–H and O–H groups in total. The Morgan fingerprint density at radius 2 is 2.05 bits per heavy atom. The lowest BCUT2D eigenvalue weighted by atomic mass is 10.2. The first kappa shape index (κ1) is 14.5. The average molecular weight is 359 g/mol. The number of carbonyl (C=O) groups excluding carboxylic acids is 1. The maximum atomic E-state index is 10.7. The summed E-state index contributed by atoms with van der Waals surface area (Å²) in [4.78, 5) is 15.0. The van der Waals surface area contributed by atoms with E-state index < -0.39 is 0 Å². The van der Waals surface area contributed by atoms with Gasteiger partial charge < -0.3 is 9.26 Å². The number of aromatic nitrogens is 2. The number of hydrogen-bond donors (Lipinski definition) is 0. The van der Waals surface area contributed by atoms with Gasteiger partial charge in [-0.05, 0) is 24.3 Å². The standard InChI is InChI=1S/C16H11BrN2O3/c17-14-7-2-1-6-13(14)16-18-15(22-19-16)10-21-12-5-3-4-11(8-12)9-20/h1-9H,10H2. The molecular formula is C16H11BrN2O3. The van der Waals surface area contributed by atoms with Gasteiger partial charge in [-0.3, -0.25) is 4.79 Å². The number of ether oxygens (including phenoxy) is 1. The predicted molar refractivity (Wildman–Crippen MR) is 83.6 cm³/mol. The lowest BCUT2D eigenvalue weighted by molar-refractivity contribution is 0.112. The molecule has 6 heteroatoms. The number of halogens is 1. The van der Waals surface area contributed by atoms with Crippen molar-refractivity contribution in [3.8, 4) is 17.1 Å². The van der Waals surface area contributed by atoms with Crippen LogP contribution in [0.2, 0.25) is 0 Å². The van der Waals surface area contributed by atoms with Crippen LogP contribution in [-0.2, 0) is 6.61 Å². The monoisotopic (exact) mass is 358 g/mol. The molecule has 0 fully saturated rings. The van der Waals surface area contributed by atoms with E-state index in [0.29, 0.717) is 23.0 Å². The number of nitrogens with zero attached hydrogens (tertiary/aromatic N) is 2. The minimum atomic E-state index is 0.139. The van der Waals surface area contributed by atoms with E-state index in [1.54, 1.807) is 24.3 Å². The fraction of sp³-hybridized carbons (Fsp3) is 0.0625. The third-order valence-corrected chi connectivity index (χ3v) is 3.63. The van der Waals surface area contributed by atoms with Crippen LogP contribution in [0.25, 0.3) is 11.4 Å². The average Bonchev–Trinajstić information content (AvgIpc) is 3.02. The first-order chi connectivity index (χ1) is 10.8. The number of carbonyl (C=O) groups is 1. The van der Waals surface area contributed by atoms with Crippen molar-refractivity contribution >= 4 is 22.2 Å². The summed E-state index contributed by atoms with van der Waals surface area (Å²) in [5.41, 5.74) is 1.40. The van der Waals surface area contributed by atoms with E-state index in [9.17, 15) is 4.79 Å². The van der Waals surface area contributed by atoms with Crippen LogP contribution in [0, 0.1) is 0 Å². The normalized spacial score (nSPS) is 10.4. The molecule has 0 aliphatic rings. The lowest BCUT2D eigenvalue weighted by Crippen LogP contribution is -1.96. The molecule has 0 radical (unpaired) electrons. The zero-order chi connectivity index (χ0) is 15.4. The van der Waals surface area contributed by atoms with E-state index in [2.05, 4.69) is 26.1 Å². The molecule has 3 aromatic rings. The molecule has 0 atom stereocenters. The third-order valence-electron chi connectivity index (χ3n) is 2.94. The quantitative estimate of drug-likeness (QED) is 0.647. The van der Waals surface area contributed by atoms with Gasteiger partial charge in [0.15, 0.2) is 6.61 Å². The van der Waals surface area contributed by atoms with Crippen molar-refractivity contribution in [1.82, 2.24) is 10.1 Å². The Balaban J connectivity index is 1.72. The fourth-order valence-corrected chi connectivity index (χ4v) is 2.35. The van der Waals surface area contributed by atoms with E-state index >= 15 is 0 Å². The van der Waals surface area contributed by atoms with Crippen LogP contribution >= 0.6 is 15.9 Å². The highest BCUT2D eigenvalue weighted by atomic mass is 79.9. The van der Waals surface area contributed by atoms with E-state index in [4.69, 9.17) is 9.26 Å². The van der Waals surface area contributed by atoms with Gasteiger partial charge in [0, 0.05) is 15.6 Å². The second-order valence-corrected chi connectivity index (χ2v) is 5.32. The highest BCUT2D eigenvalue weighted by Crippen LogP contribution is 2.25. The summed E-state index contributed by atoms with van der Waals surface area (Å²) < 4.78 is 11.6. The SMILES string of the molecule is O=Cc1cccc(OCc2nc(-c3ccccc3Br)no2)c1. The molecule has 0 aliphatic carbocycles. The minimum Gasteiger partial charge on any atom is -0.484 e. The molecule has 0 spiro atoms. The van der Waals surface area contributed by atoms with Crippen molar-refractivity contribution in [2.24, 2.45) is 0 Å². The number of hydrogen-bond acceptors (Lipinski definition) is 5. The van der Waals surface area contributed by atoms with Gasteiger partial charge in [-0.2, -0.15) is 4.98 Å². The van der Waals surface area contributed by atoms with Gasteiger partial charge in [-0.25, -0.2) is 0 Å².